The fraction of sp³-hybridized carbons (Fsp3) is 0.688. The Labute approximate surface area is 154 Å². The number of hydrogen-bond acceptors (Lipinski definition) is 5. The lowest BCUT2D eigenvalue weighted by molar-refractivity contribution is -0.0853. The van der Waals surface area contributed by atoms with Crippen LogP contribution in [0, 0.1) is 18.3 Å². The molecule has 4 unspecified atom stereocenters. The van der Waals surface area contributed by atoms with Crippen LogP contribution in [0.5, 0.6) is 0 Å². The Balaban J connectivity index is 2.09. The van der Waals surface area contributed by atoms with Gasteiger partial charge in [-0.15, -0.1) is 0 Å². The van der Waals surface area contributed by atoms with Gasteiger partial charge in [-0.2, -0.15) is 0 Å². The Morgan fingerprint density at radius 2 is 2.36 bits per heavy atom. The minimum absolute atomic E-state index is 0.00231. The molecular weight excluding hydrogens is 361 g/mol. The van der Waals surface area contributed by atoms with E-state index in [1.54, 1.807) is 13.1 Å². The number of aromatic nitrogens is 2. The first kappa shape index (κ1) is 20.2. The maximum Gasteiger partial charge on any atom is 0.254 e. The van der Waals surface area contributed by atoms with Crippen LogP contribution in [-0.2, 0) is 13.8 Å². The average Bonchev–Trinajstić information content (AvgIpc) is 2.58. The molecule has 0 bridgehead atoms. The number of aryl methyl sites for hydroxylation is 1. The number of nitrogens with one attached hydrogen (secondary N) is 1. The molecule has 9 heteroatoms. The van der Waals surface area contributed by atoms with Crippen LogP contribution in [0.15, 0.2) is 11.0 Å². The van der Waals surface area contributed by atoms with Crippen LogP contribution >= 0.6 is 20.6 Å². The summed E-state index contributed by atoms with van der Waals surface area (Å²) in [4.78, 5) is 17.7. The lowest BCUT2D eigenvalue weighted by atomic mass is 10.00. The zero-order valence-electron chi connectivity index (χ0n) is 14.7. The van der Waals surface area contributed by atoms with Gasteiger partial charge in [0.25, 0.3) is 5.56 Å². The van der Waals surface area contributed by atoms with Gasteiger partial charge in [0, 0.05) is 18.4 Å². The number of ether oxygens (including phenoxy) is 1. The molecule has 1 aromatic rings. The van der Waals surface area contributed by atoms with Gasteiger partial charge < -0.3 is 23.2 Å². The predicted molar refractivity (Wildman–Crippen MR) is 99.4 cm³/mol. The zero-order chi connectivity index (χ0) is 18.4. The number of hydrogen-bond donors (Lipinski definition) is 1. The lowest BCUT2D eigenvalue weighted by Crippen LogP contribution is -2.40. The lowest BCUT2D eigenvalue weighted by Gasteiger charge is -2.37. The van der Waals surface area contributed by atoms with E-state index in [9.17, 15) is 4.79 Å². The predicted octanol–water partition coefficient (Wildman–Crippen LogP) is 3.22. The number of nitrogens with zero attached hydrogens (tertiary/aromatic N) is 2. The summed E-state index contributed by atoms with van der Waals surface area (Å²) in [5.41, 5.74) is 0.450. The Morgan fingerprint density at radius 1 is 1.60 bits per heavy atom. The van der Waals surface area contributed by atoms with Crippen molar-refractivity contribution in [3.05, 3.63) is 38.3 Å². The molecule has 0 saturated carbocycles. The van der Waals surface area contributed by atoms with Crippen molar-refractivity contribution in [2.24, 2.45) is 0 Å². The van der Waals surface area contributed by atoms with Gasteiger partial charge in [-0.25, -0.2) is 6.57 Å². The highest BCUT2D eigenvalue weighted by molar-refractivity contribution is 7.71. The van der Waals surface area contributed by atoms with Gasteiger partial charge in [0.05, 0.1) is 24.9 Å². The van der Waals surface area contributed by atoms with Crippen LogP contribution in [-0.4, -0.2) is 48.2 Å². The van der Waals surface area contributed by atoms with Crippen LogP contribution in [0.25, 0.3) is 4.85 Å². The minimum atomic E-state index is -1.07. The molecule has 0 spiro atoms. The molecule has 4 atom stereocenters. The summed E-state index contributed by atoms with van der Waals surface area (Å²) in [6.07, 6.45) is 3.25. The second-order valence-corrected chi connectivity index (χ2v) is 7.68. The molecule has 7 nitrogen and oxygen atoms in total. The Bertz CT molecular complexity index is 729. The van der Waals surface area contributed by atoms with Crippen LogP contribution in [0.4, 0.5) is 0 Å². The quantitative estimate of drug-likeness (QED) is 0.338. The van der Waals surface area contributed by atoms with Gasteiger partial charge in [-0.05, 0) is 32.0 Å². The molecule has 1 N–H and O–H groups in total. The van der Waals surface area contributed by atoms with E-state index in [4.69, 9.17) is 32.6 Å². The molecule has 0 amide bonds. The van der Waals surface area contributed by atoms with Gasteiger partial charge in [0.1, 0.15) is 6.61 Å². The Kier molecular flexibility index (Phi) is 7.73. The van der Waals surface area contributed by atoms with E-state index >= 15 is 0 Å². The van der Waals surface area contributed by atoms with Crippen LogP contribution in [0.2, 0.25) is 0 Å². The molecule has 1 saturated heterocycles. The highest BCUT2D eigenvalue weighted by Gasteiger charge is 2.33. The highest BCUT2D eigenvalue weighted by Crippen LogP contribution is 2.40. The van der Waals surface area contributed by atoms with Crippen molar-refractivity contribution in [3.8, 4) is 0 Å². The summed E-state index contributed by atoms with van der Waals surface area (Å²) in [5.74, 6) is 0. The van der Waals surface area contributed by atoms with E-state index in [-0.39, 0.29) is 23.8 Å². The van der Waals surface area contributed by atoms with E-state index in [0.29, 0.717) is 30.1 Å². The van der Waals surface area contributed by atoms with E-state index in [2.05, 4.69) is 16.8 Å². The molecule has 2 heterocycles. The number of aromatic amines is 1. The molecule has 0 aromatic carbocycles. The summed E-state index contributed by atoms with van der Waals surface area (Å²) < 4.78 is 19.9. The minimum Gasteiger partial charge on any atom is -0.373 e. The third-order valence-corrected chi connectivity index (χ3v) is 5.55. The number of rotatable bonds is 7. The van der Waals surface area contributed by atoms with E-state index in [0.717, 1.165) is 12.8 Å². The Hall–Kier alpha value is -1.10. The molecule has 2 rings (SSSR count). The van der Waals surface area contributed by atoms with Gasteiger partial charge in [-0.1, -0.05) is 6.92 Å². The van der Waals surface area contributed by atoms with Crippen LogP contribution < -0.4 is 5.56 Å². The zero-order valence-corrected chi connectivity index (χ0v) is 16.4. The molecule has 1 aromatic heterocycles. The van der Waals surface area contributed by atoms with Gasteiger partial charge in [-0.3, -0.25) is 9.78 Å². The van der Waals surface area contributed by atoms with Crippen molar-refractivity contribution in [3.63, 3.8) is 0 Å². The van der Waals surface area contributed by atoms with Crippen molar-refractivity contribution >= 4 is 20.6 Å². The van der Waals surface area contributed by atoms with Crippen molar-refractivity contribution in [1.82, 2.24) is 9.55 Å². The molecule has 25 heavy (non-hydrogen) atoms. The van der Waals surface area contributed by atoms with E-state index < -0.39 is 8.38 Å². The smallest absolute Gasteiger partial charge is 0.254 e. The second kappa shape index (κ2) is 9.56. The fourth-order valence-corrected chi connectivity index (χ4v) is 4.11. The topological polar surface area (TPSA) is 69.8 Å². The van der Waals surface area contributed by atoms with Gasteiger partial charge in [0.15, 0.2) is 13.1 Å². The van der Waals surface area contributed by atoms with Crippen LogP contribution in [0.3, 0.4) is 0 Å². The SMILES string of the molecule is [C-]#[N+]CCOP(C)OC1CC(n2cc(C)c(=O)[nH]c2=S)COC1CC. The highest BCUT2D eigenvalue weighted by atomic mass is 32.1. The summed E-state index contributed by atoms with van der Waals surface area (Å²) in [6, 6.07) is 0.00231. The van der Waals surface area contributed by atoms with Crippen molar-refractivity contribution in [1.29, 1.82) is 0 Å². The molecule has 0 radical (unpaired) electrons. The molecular formula is C16H24N3O4PS. The normalized spacial score (nSPS) is 24.6. The third-order valence-electron chi connectivity index (χ3n) is 4.12. The molecule has 1 aliphatic heterocycles. The van der Waals surface area contributed by atoms with Crippen molar-refractivity contribution in [2.75, 3.05) is 26.4 Å². The van der Waals surface area contributed by atoms with E-state index in [1.807, 2.05) is 11.2 Å². The number of H-pyrrole nitrogens is 1. The molecule has 1 fully saturated rings. The van der Waals surface area contributed by atoms with Crippen molar-refractivity contribution < 1.29 is 13.8 Å². The van der Waals surface area contributed by atoms with Crippen LogP contribution in [0.1, 0.15) is 31.4 Å². The second-order valence-electron chi connectivity index (χ2n) is 5.95. The summed E-state index contributed by atoms with van der Waals surface area (Å²) >= 11 is 5.30. The summed E-state index contributed by atoms with van der Waals surface area (Å²) in [6.45, 7) is 13.7. The maximum atomic E-state index is 11.7. The first-order chi connectivity index (χ1) is 12.0. The summed E-state index contributed by atoms with van der Waals surface area (Å²) in [7, 11) is -1.07. The standard InChI is InChI=1S/C16H24N3O4PS/c1-5-13-14(23-24(4)22-7-6-17-3)8-12(10-21-13)19-9-11(2)15(20)18-16(19)25/h9,12-14H,5-8,10H2,1-2,4H3,(H,18,20,25). The summed E-state index contributed by atoms with van der Waals surface area (Å²) in [5, 5.41) is 0. The van der Waals surface area contributed by atoms with Gasteiger partial charge >= 0.3 is 0 Å². The first-order valence-electron chi connectivity index (χ1n) is 8.26. The average molecular weight is 385 g/mol. The molecule has 1 aliphatic rings. The van der Waals surface area contributed by atoms with Gasteiger partial charge in [0.2, 0.25) is 6.54 Å². The third kappa shape index (κ3) is 5.44. The van der Waals surface area contributed by atoms with E-state index in [1.165, 1.54) is 0 Å². The van der Waals surface area contributed by atoms with Crippen molar-refractivity contribution in [2.45, 2.75) is 44.9 Å². The fourth-order valence-electron chi connectivity index (χ4n) is 2.81. The first-order valence-corrected chi connectivity index (χ1v) is 10.3. The molecule has 138 valence electrons. The Morgan fingerprint density at radius 3 is 3.04 bits per heavy atom. The maximum absolute atomic E-state index is 11.7. The largest absolute Gasteiger partial charge is 0.373 e. The molecule has 0 aliphatic carbocycles. The monoisotopic (exact) mass is 385 g/mol.